The summed E-state index contributed by atoms with van der Waals surface area (Å²) in [6, 6.07) is -1.06. The maximum absolute atomic E-state index is 13.5. The summed E-state index contributed by atoms with van der Waals surface area (Å²) in [5, 5.41) is 57.2. The zero-order valence-corrected chi connectivity index (χ0v) is 54.6. The van der Waals surface area contributed by atoms with Crippen molar-refractivity contribution < 1.29 is 49.3 Å². The molecular weight excluding hydrogens is 1090 g/mol. The molecule has 87 heavy (non-hydrogen) atoms. The third-order valence-electron chi connectivity index (χ3n) is 14.9. The molecule has 0 aromatic rings. The summed E-state index contributed by atoms with van der Waals surface area (Å²) in [6.07, 6.45) is 79.8. The predicted octanol–water partition coefficient (Wildman–Crippen LogP) is 17.5. The topological polar surface area (TPSA) is 175 Å². The van der Waals surface area contributed by atoms with Gasteiger partial charge in [0.25, 0.3) is 0 Å². The second-order valence-corrected chi connectivity index (χ2v) is 22.8. The number of hydrogen-bond acceptors (Lipinski definition) is 10. The molecule has 11 nitrogen and oxygen atoms in total. The molecule has 6 N–H and O–H groups in total. The Labute approximate surface area is 529 Å². The third-order valence-corrected chi connectivity index (χ3v) is 14.9. The van der Waals surface area contributed by atoms with E-state index in [1.807, 2.05) is 6.08 Å². The Morgan fingerprint density at radius 2 is 0.828 bits per heavy atom. The van der Waals surface area contributed by atoms with E-state index in [-0.39, 0.29) is 19.4 Å². The van der Waals surface area contributed by atoms with E-state index < -0.39 is 67.4 Å². The Bertz CT molecular complexity index is 2020. The van der Waals surface area contributed by atoms with Crippen LogP contribution in [0.5, 0.6) is 0 Å². The van der Waals surface area contributed by atoms with Crippen molar-refractivity contribution in [2.75, 3.05) is 13.2 Å². The van der Waals surface area contributed by atoms with E-state index >= 15 is 0 Å². The molecule has 1 fully saturated rings. The number of carbonyl (C=O) groups excluding carboxylic acids is 2. The summed E-state index contributed by atoms with van der Waals surface area (Å²) in [6.45, 7) is 5.53. The van der Waals surface area contributed by atoms with E-state index in [0.29, 0.717) is 12.8 Å². The van der Waals surface area contributed by atoms with Crippen molar-refractivity contribution in [1.82, 2.24) is 5.32 Å². The molecule has 0 aliphatic carbocycles. The maximum atomic E-state index is 13.5. The van der Waals surface area contributed by atoms with Gasteiger partial charge in [0.2, 0.25) is 5.91 Å². The van der Waals surface area contributed by atoms with Crippen molar-refractivity contribution in [3.63, 3.8) is 0 Å². The van der Waals surface area contributed by atoms with E-state index in [9.17, 15) is 35.1 Å². The molecule has 0 saturated carbocycles. The van der Waals surface area contributed by atoms with E-state index in [1.54, 1.807) is 6.08 Å². The van der Waals surface area contributed by atoms with Crippen LogP contribution < -0.4 is 5.32 Å². The minimum absolute atomic E-state index is 0.0571. The Kier molecular flexibility index (Phi) is 56.8. The number of hydrogen-bond donors (Lipinski definition) is 6. The van der Waals surface area contributed by atoms with Gasteiger partial charge in [0.15, 0.2) is 12.4 Å². The lowest BCUT2D eigenvalue weighted by Crippen LogP contribution is -2.61. The third kappa shape index (κ3) is 48.8. The van der Waals surface area contributed by atoms with Crippen LogP contribution in [-0.2, 0) is 23.8 Å². The van der Waals surface area contributed by atoms with Crippen molar-refractivity contribution >= 4 is 11.9 Å². The molecule has 0 radical (unpaired) electrons. The quantitative estimate of drug-likeness (QED) is 0.0195. The van der Waals surface area contributed by atoms with Gasteiger partial charge in [-0.25, -0.2) is 0 Å². The minimum atomic E-state index is -1.65. The lowest BCUT2D eigenvalue weighted by Gasteiger charge is -2.41. The fourth-order valence-electron chi connectivity index (χ4n) is 9.60. The van der Waals surface area contributed by atoms with E-state index in [1.165, 1.54) is 51.4 Å². The largest absolute Gasteiger partial charge is 0.454 e. The van der Waals surface area contributed by atoms with Crippen LogP contribution in [0.1, 0.15) is 245 Å². The Morgan fingerprint density at radius 1 is 0.460 bits per heavy atom. The van der Waals surface area contributed by atoms with Crippen molar-refractivity contribution in [1.29, 1.82) is 0 Å². The molecule has 0 bridgehead atoms. The van der Waals surface area contributed by atoms with Gasteiger partial charge in [0.1, 0.15) is 24.4 Å². The van der Waals surface area contributed by atoms with Crippen molar-refractivity contribution in [3.8, 4) is 0 Å². The van der Waals surface area contributed by atoms with Crippen LogP contribution in [0.25, 0.3) is 0 Å². The normalized spacial score (nSPS) is 19.3. The standard InChI is InChI=1S/C76H123NO10/c1-4-7-10-13-16-19-22-25-27-29-31-33-34-35-37-38-40-42-45-48-51-54-57-60-63-69(80)75(84)77-67(68(79)62-59-56-53-50-47-44-24-21-18-15-12-9-6-3)66-85-76-74(73(83)72(82)70(65-78)86-76)87-71(81)64-61-58-55-52-49-46-43-41-39-36-32-30-28-26-23-20-17-14-11-8-5-2/h7-8,10-11,16-17,19-20,25-28,31-33,35-37,40-43,49,52,59,62,67-70,72-74,76,78-80,82-83H,4-6,9,12-15,18,21-24,29-30,34,38-39,44-48,50-51,53-58,60-61,63-66H2,1-3H3,(H,77,84)/b10-7-,11-8-,19-16-,20-17-,27-25-,28-26-,33-31-,36-32-,37-35-,42-40-,43-41-,52-49-,62-59+. The van der Waals surface area contributed by atoms with E-state index in [4.69, 9.17) is 14.2 Å². The molecular formula is C76H123NO10. The lowest BCUT2D eigenvalue weighted by molar-refractivity contribution is -0.305. The molecule has 0 spiro atoms. The van der Waals surface area contributed by atoms with Gasteiger partial charge in [0, 0.05) is 6.42 Å². The second kappa shape index (κ2) is 61.5. The summed E-state index contributed by atoms with van der Waals surface area (Å²) in [7, 11) is 0. The minimum Gasteiger partial charge on any atom is -0.454 e. The van der Waals surface area contributed by atoms with Gasteiger partial charge in [-0.15, -0.1) is 0 Å². The van der Waals surface area contributed by atoms with Gasteiger partial charge in [-0.05, 0) is 128 Å². The average Bonchev–Trinajstić information content (AvgIpc) is 1.53. The molecule has 8 unspecified atom stereocenters. The predicted molar refractivity (Wildman–Crippen MR) is 365 cm³/mol. The van der Waals surface area contributed by atoms with Crippen LogP contribution in [0, 0.1) is 0 Å². The van der Waals surface area contributed by atoms with Crippen LogP contribution >= 0.6 is 0 Å². The first kappa shape index (κ1) is 80.3. The summed E-state index contributed by atoms with van der Waals surface area (Å²) in [5.41, 5.74) is 0. The van der Waals surface area contributed by atoms with Gasteiger partial charge in [-0.2, -0.15) is 0 Å². The highest BCUT2D eigenvalue weighted by Gasteiger charge is 2.47. The SMILES string of the molecule is CC/C=C\C/C=C\C/C=C\C/C=C\C/C=C\C/C=C\CCCCCCCC(O)C(=O)NC(COC1OC(CO)C(O)C(O)C1OC(=O)CCCC/C=C\C/C=C\C/C=C\C/C=C\C/C=C\C/C=C\CC)C(O)/C=C/CCCCCCCCCCCCC. The van der Waals surface area contributed by atoms with Crippen molar-refractivity contribution in [2.24, 2.45) is 0 Å². The van der Waals surface area contributed by atoms with Crippen molar-refractivity contribution in [2.45, 2.75) is 294 Å². The number of allylic oxidation sites excluding steroid dienone is 25. The summed E-state index contributed by atoms with van der Waals surface area (Å²) < 4.78 is 17.6. The van der Waals surface area contributed by atoms with Crippen LogP contribution in [0.3, 0.4) is 0 Å². The van der Waals surface area contributed by atoms with Crippen LogP contribution in [0.2, 0.25) is 0 Å². The van der Waals surface area contributed by atoms with E-state index in [2.05, 4.69) is 172 Å². The summed E-state index contributed by atoms with van der Waals surface area (Å²) in [5.74, 6) is -1.27. The fraction of sp³-hybridized carbons (Fsp3) is 0.632. The molecule has 1 aliphatic rings. The molecule has 11 heteroatoms. The summed E-state index contributed by atoms with van der Waals surface area (Å²) in [4.78, 5) is 26.7. The van der Waals surface area contributed by atoms with Gasteiger partial charge < -0.3 is 45.1 Å². The number of amides is 1. The first-order valence-corrected chi connectivity index (χ1v) is 34.3. The molecule has 0 aromatic carbocycles. The zero-order chi connectivity index (χ0) is 63.1. The number of carbonyl (C=O) groups is 2. The van der Waals surface area contributed by atoms with Crippen LogP contribution in [0.15, 0.2) is 158 Å². The number of rotatable bonds is 56. The van der Waals surface area contributed by atoms with Gasteiger partial charge >= 0.3 is 5.97 Å². The van der Waals surface area contributed by atoms with Gasteiger partial charge in [-0.3, -0.25) is 9.59 Å². The fourth-order valence-corrected chi connectivity index (χ4v) is 9.60. The number of unbranched alkanes of at least 4 members (excludes halogenated alkanes) is 18. The number of ether oxygens (including phenoxy) is 3. The molecule has 1 rings (SSSR count). The zero-order valence-electron chi connectivity index (χ0n) is 54.6. The molecule has 492 valence electrons. The Hall–Kier alpha value is -4.72. The first-order valence-electron chi connectivity index (χ1n) is 34.3. The Morgan fingerprint density at radius 3 is 1.24 bits per heavy atom. The summed E-state index contributed by atoms with van der Waals surface area (Å²) >= 11 is 0. The monoisotopic (exact) mass is 1210 g/mol. The van der Waals surface area contributed by atoms with Crippen LogP contribution in [0.4, 0.5) is 0 Å². The molecule has 1 aliphatic heterocycles. The maximum Gasteiger partial charge on any atom is 0.306 e. The molecule has 1 heterocycles. The molecule has 1 amide bonds. The van der Waals surface area contributed by atoms with E-state index in [0.717, 1.165) is 148 Å². The highest BCUT2D eigenvalue weighted by molar-refractivity contribution is 5.80. The van der Waals surface area contributed by atoms with Gasteiger partial charge in [-0.1, -0.05) is 269 Å². The number of aliphatic hydroxyl groups excluding tert-OH is 5. The van der Waals surface area contributed by atoms with Crippen LogP contribution in [-0.4, -0.2) is 99.6 Å². The number of esters is 1. The number of nitrogens with one attached hydrogen (secondary N) is 1. The highest BCUT2D eigenvalue weighted by Crippen LogP contribution is 2.26. The smallest absolute Gasteiger partial charge is 0.306 e. The first-order chi connectivity index (χ1) is 42.7. The molecule has 8 atom stereocenters. The second-order valence-electron chi connectivity index (χ2n) is 22.8. The lowest BCUT2D eigenvalue weighted by atomic mass is 9.99. The average molecular weight is 1210 g/mol. The molecule has 1 saturated heterocycles. The highest BCUT2D eigenvalue weighted by atomic mass is 16.7. The Balaban J connectivity index is 2.68. The molecule has 0 aromatic heterocycles. The number of aliphatic hydroxyl groups is 5. The van der Waals surface area contributed by atoms with Gasteiger partial charge in [0.05, 0.1) is 25.4 Å². The van der Waals surface area contributed by atoms with Crippen molar-refractivity contribution in [3.05, 3.63) is 158 Å².